The van der Waals surface area contributed by atoms with Crippen LogP contribution >= 0.6 is 0 Å². The third-order valence-electron chi connectivity index (χ3n) is 3.33. The maximum atomic E-state index is 11.6. The molecule has 0 aromatic carbocycles. The van der Waals surface area contributed by atoms with Gasteiger partial charge < -0.3 is 4.74 Å². The van der Waals surface area contributed by atoms with Crippen molar-refractivity contribution in [2.75, 3.05) is 0 Å². The Balaban J connectivity index is 2.18. The van der Waals surface area contributed by atoms with E-state index in [4.69, 9.17) is 4.74 Å². The number of ether oxygens (including phenoxy) is 1. The van der Waals surface area contributed by atoms with E-state index in [0.29, 0.717) is 11.8 Å². The minimum absolute atomic E-state index is 0.126. The number of carbonyl (C=O) groups excluding carboxylic acids is 1. The molecule has 2 bridgehead atoms. The fourth-order valence-corrected chi connectivity index (χ4v) is 2.54. The van der Waals surface area contributed by atoms with E-state index < -0.39 is 0 Å². The molecular weight excluding hydrogens is 164 g/mol. The molecule has 2 nitrogen and oxygen atoms in total. The Kier molecular flexibility index (Phi) is 1.79. The molecule has 2 aliphatic carbocycles. The van der Waals surface area contributed by atoms with Crippen molar-refractivity contribution in [3.63, 3.8) is 0 Å². The van der Waals surface area contributed by atoms with Crippen molar-refractivity contribution in [2.24, 2.45) is 17.3 Å². The maximum absolute atomic E-state index is 11.6. The van der Waals surface area contributed by atoms with E-state index in [9.17, 15) is 4.79 Å². The average Bonchev–Trinajstić information content (AvgIpc) is 2.64. The lowest BCUT2D eigenvalue weighted by molar-refractivity contribution is -0.150. The summed E-state index contributed by atoms with van der Waals surface area (Å²) in [6.07, 6.45) is 7.64. The van der Waals surface area contributed by atoms with Gasteiger partial charge in [0.05, 0.1) is 11.7 Å². The Morgan fingerprint density at radius 1 is 1.69 bits per heavy atom. The zero-order valence-corrected chi connectivity index (χ0v) is 7.82. The molecule has 70 valence electrons. The Morgan fingerprint density at radius 3 is 2.92 bits per heavy atom. The molecule has 0 heterocycles. The molecule has 1 fully saturated rings. The van der Waals surface area contributed by atoms with Crippen LogP contribution in [0.25, 0.3) is 0 Å². The van der Waals surface area contributed by atoms with Gasteiger partial charge in [0.25, 0.3) is 0 Å². The molecule has 0 amide bonds. The highest BCUT2D eigenvalue weighted by Gasteiger charge is 2.50. The summed E-state index contributed by atoms with van der Waals surface area (Å²) in [6.45, 7) is 5.40. The lowest BCUT2D eigenvalue weighted by atomic mass is 9.78. The molecule has 2 aliphatic rings. The van der Waals surface area contributed by atoms with Crippen molar-refractivity contribution in [1.82, 2.24) is 0 Å². The zero-order chi connectivity index (χ0) is 9.47. The van der Waals surface area contributed by atoms with Crippen LogP contribution < -0.4 is 0 Å². The second-order valence-corrected chi connectivity index (χ2v) is 4.18. The van der Waals surface area contributed by atoms with Crippen LogP contribution in [0, 0.1) is 17.3 Å². The molecule has 0 saturated heterocycles. The molecule has 2 rings (SSSR count). The lowest BCUT2D eigenvalue weighted by Gasteiger charge is -2.27. The molecule has 0 spiro atoms. The van der Waals surface area contributed by atoms with Crippen LogP contribution in [0.1, 0.15) is 19.8 Å². The van der Waals surface area contributed by atoms with E-state index in [0.717, 1.165) is 12.8 Å². The minimum Gasteiger partial charge on any atom is -0.435 e. The smallest absolute Gasteiger partial charge is 0.317 e. The van der Waals surface area contributed by atoms with E-state index in [1.54, 1.807) is 0 Å². The summed E-state index contributed by atoms with van der Waals surface area (Å²) in [5, 5.41) is 0. The predicted octanol–water partition coefficient (Wildman–Crippen LogP) is 2.28. The summed E-state index contributed by atoms with van der Waals surface area (Å²) in [4.78, 5) is 11.6. The van der Waals surface area contributed by atoms with Crippen molar-refractivity contribution in [3.8, 4) is 0 Å². The highest BCUT2D eigenvalue weighted by molar-refractivity contribution is 5.78. The summed E-state index contributed by atoms with van der Waals surface area (Å²) in [6, 6.07) is 0. The monoisotopic (exact) mass is 178 g/mol. The van der Waals surface area contributed by atoms with E-state index in [1.807, 2.05) is 6.92 Å². The minimum atomic E-state index is -0.298. The van der Waals surface area contributed by atoms with Gasteiger partial charge in [-0.05, 0) is 31.6 Å². The van der Waals surface area contributed by atoms with E-state index in [1.165, 1.54) is 6.26 Å². The largest absolute Gasteiger partial charge is 0.435 e. The third-order valence-corrected chi connectivity index (χ3v) is 3.33. The number of fused-ring (bicyclic) bond motifs is 2. The van der Waals surface area contributed by atoms with Crippen molar-refractivity contribution >= 4 is 5.97 Å². The van der Waals surface area contributed by atoms with Gasteiger partial charge in [0, 0.05) is 0 Å². The van der Waals surface area contributed by atoms with Gasteiger partial charge in [0.1, 0.15) is 0 Å². The first-order valence-electron chi connectivity index (χ1n) is 4.67. The number of carbonyl (C=O) groups is 1. The maximum Gasteiger partial charge on any atom is 0.317 e. The van der Waals surface area contributed by atoms with Gasteiger partial charge in [-0.25, -0.2) is 0 Å². The molecule has 2 heteroatoms. The van der Waals surface area contributed by atoms with Crippen molar-refractivity contribution in [1.29, 1.82) is 0 Å². The van der Waals surface area contributed by atoms with Crippen LogP contribution in [-0.4, -0.2) is 5.97 Å². The number of rotatable bonds is 2. The second-order valence-electron chi connectivity index (χ2n) is 4.18. The Morgan fingerprint density at radius 2 is 2.46 bits per heavy atom. The van der Waals surface area contributed by atoms with Gasteiger partial charge in [-0.2, -0.15) is 0 Å². The standard InChI is InChI=1S/C11H14O2/c1-3-13-10(12)11(2)7-8-4-5-9(11)6-8/h3-5,8-9H,1,6-7H2,2H3. The molecule has 13 heavy (non-hydrogen) atoms. The lowest BCUT2D eigenvalue weighted by Crippen LogP contribution is -2.32. The average molecular weight is 178 g/mol. The fourth-order valence-electron chi connectivity index (χ4n) is 2.54. The first-order valence-corrected chi connectivity index (χ1v) is 4.67. The van der Waals surface area contributed by atoms with Gasteiger partial charge in [-0.1, -0.05) is 18.7 Å². The number of esters is 1. The van der Waals surface area contributed by atoms with Crippen LogP contribution in [0.15, 0.2) is 25.0 Å². The zero-order valence-electron chi connectivity index (χ0n) is 7.82. The van der Waals surface area contributed by atoms with Crippen LogP contribution in [0.3, 0.4) is 0 Å². The highest BCUT2D eigenvalue weighted by atomic mass is 16.5. The summed E-state index contributed by atoms with van der Waals surface area (Å²) < 4.78 is 4.87. The first-order chi connectivity index (χ1) is 6.16. The summed E-state index contributed by atoms with van der Waals surface area (Å²) in [5.41, 5.74) is -0.298. The van der Waals surface area contributed by atoms with Crippen LogP contribution in [0.4, 0.5) is 0 Å². The summed E-state index contributed by atoms with van der Waals surface area (Å²) in [5.74, 6) is 0.844. The fraction of sp³-hybridized carbons (Fsp3) is 0.545. The topological polar surface area (TPSA) is 26.3 Å². The first kappa shape index (κ1) is 8.54. The van der Waals surface area contributed by atoms with Gasteiger partial charge in [0.2, 0.25) is 0 Å². The molecule has 0 N–H and O–H groups in total. The second kappa shape index (κ2) is 2.72. The molecule has 3 unspecified atom stereocenters. The van der Waals surface area contributed by atoms with Gasteiger partial charge in [-0.15, -0.1) is 0 Å². The van der Waals surface area contributed by atoms with Crippen molar-refractivity contribution in [3.05, 3.63) is 25.0 Å². The summed E-state index contributed by atoms with van der Waals surface area (Å²) >= 11 is 0. The number of hydrogen-bond donors (Lipinski definition) is 0. The molecule has 0 aliphatic heterocycles. The number of hydrogen-bond acceptors (Lipinski definition) is 2. The Hall–Kier alpha value is -1.05. The van der Waals surface area contributed by atoms with E-state index in [2.05, 4.69) is 18.7 Å². The normalized spacial score (nSPS) is 40.7. The summed E-state index contributed by atoms with van der Waals surface area (Å²) in [7, 11) is 0. The SMILES string of the molecule is C=COC(=O)C1(C)CC2C=CC1C2. The van der Waals surface area contributed by atoms with E-state index in [-0.39, 0.29) is 11.4 Å². The molecule has 0 aromatic rings. The Bertz CT molecular complexity index is 280. The van der Waals surface area contributed by atoms with Crippen LogP contribution in [0.2, 0.25) is 0 Å². The highest BCUT2D eigenvalue weighted by Crippen LogP contribution is 2.52. The Labute approximate surface area is 78.3 Å². The molecule has 0 aromatic heterocycles. The van der Waals surface area contributed by atoms with Crippen molar-refractivity contribution in [2.45, 2.75) is 19.8 Å². The predicted molar refractivity (Wildman–Crippen MR) is 49.8 cm³/mol. The molecule has 0 radical (unpaired) electrons. The number of allylic oxidation sites excluding steroid dienone is 2. The molecule has 1 saturated carbocycles. The van der Waals surface area contributed by atoms with Gasteiger partial charge in [0.15, 0.2) is 0 Å². The van der Waals surface area contributed by atoms with Crippen LogP contribution in [-0.2, 0) is 9.53 Å². The van der Waals surface area contributed by atoms with Gasteiger partial charge in [-0.3, -0.25) is 4.79 Å². The molecule has 3 atom stereocenters. The molecular formula is C11H14O2. The quantitative estimate of drug-likeness (QED) is 0.368. The van der Waals surface area contributed by atoms with Gasteiger partial charge >= 0.3 is 5.97 Å². The van der Waals surface area contributed by atoms with Crippen LogP contribution in [0.5, 0.6) is 0 Å². The third kappa shape index (κ3) is 1.12. The van der Waals surface area contributed by atoms with Crippen molar-refractivity contribution < 1.29 is 9.53 Å². The van der Waals surface area contributed by atoms with E-state index >= 15 is 0 Å².